The normalized spacial score (nSPS) is 36.2. The lowest BCUT2D eigenvalue weighted by atomic mass is 9.65. The quantitative estimate of drug-likeness (QED) is 0.576. The van der Waals surface area contributed by atoms with Gasteiger partial charge in [0.15, 0.2) is 0 Å². The summed E-state index contributed by atoms with van der Waals surface area (Å²) in [4.78, 5) is 0. The largest absolute Gasteiger partial charge is 0.247 e. The molecule has 78 valence electrons. The van der Waals surface area contributed by atoms with E-state index >= 15 is 0 Å². The fourth-order valence-electron chi connectivity index (χ4n) is 2.94. The molecule has 0 radical (unpaired) electrons. The van der Waals surface area contributed by atoms with Gasteiger partial charge in [-0.25, -0.2) is 4.39 Å². The maximum atomic E-state index is 13.8. The summed E-state index contributed by atoms with van der Waals surface area (Å²) in [6, 6.07) is 0. The Morgan fingerprint density at radius 1 is 1.23 bits per heavy atom. The molecule has 13 heavy (non-hydrogen) atoms. The molecule has 0 heterocycles. The number of rotatable bonds is 1. The first-order valence-electron chi connectivity index (χ1n) is 5.61. The van der Waals surface area contributed by atoms with Crippen LogP contribution in [0.25, 0.3) is 0 Å². The summed E-state index contributed by atoms with van der Waals surface area (Å²) >= 11 is 0. The molecule has 1 rings (SSSR count). The van der Waals surface area contributed by atoms with Gasteiger partial charge in [0.25, 0.3) is 0 Å². The topological polar surface area (TPSA) is 0 Å². The highest BCUT2D eigenvalue weighted by Gasteiger charge is 2.39. The highest BCUT2D eigenvalue weighted by molar-refractivity contribution is 4.88. The monoisotopic (exact) mass is 186 g/mol. The lowest BCUT2D eigenvalue weighted by Crippen LogP contribution is -2.38. The first-order chi connectivity index (χ1) is 5.96. The molecule has 0 aromatic carbocycles. The van der Waals surface area contributed by atoms with Crippen molar-refractivity contribution in [1.29, 1.82) is 0 Å². The van der Waals surface area contributed by atoms with Crippen LogP contribution in [-0.4, -0.2) is 6.17 Å². The summed E-state index contributed by atoms with van der Waals surface area (Å²) in [6.07, 6.45) is 3.70. The van der Waals surface area contributed by atoms with Crippen LogP contribution in [0.2, 0.25) is 0 Å². The van der Waals surface area contributed by atoms with E-state index in [2.05, 4.69) is 27.7 Å². The Bertz CT molecular complexity index is 157. The van der Waals surface area contributed by atoms with Gasteiger partial charge in [0.2, 0.25) is 0 Å². The van der Waals surface area contributed by atoms with Crippen LogP contribution in [-0.2, 0) is 0 Å². The smallest absolute Gasteiger partial charge is 0.104 e. The first kappa shape index (κ1) is 11.0. The van der Waals surface area contributed by atoms with E-state index < -0.39 is 6.17 Å². The van der Waals surface area contributed by atoms with Crippen molar-refractivity contribution >= 4 is 0 Å². The molecule has 1 aliphatic carbocycles. The standard InChI is InChI=1S/C12H23F/c1-5-9-7-6-8-10(13)11(9)12(2,3)4/h9-11H,5-8H2,1-4H3. The van der Waals surface area contributed by atoms with Gasteiger partial charge in [0.05, 0.1) is 0 Å². The summed E-state index contributed by atoms with van der Waals surface area (Å²) in [5.41, 5.74) is 0.139. The predicted octanol–water partition coefficient (Wildman–Crippen LogP) is 4.20. The Morgan fingerprint density at radius 2 is 1.85 bits per heavy atom. The van der Waals surface area contributed by atoms with Crippen LogP contribution >= 0.6 is 0 Å². The lowest BCUT2D eigenvalue weighted by Gasteiger charge is -2.42. The van der Waals surface area contributed by atoms with Crippen LogP contribution in [0.3, 0.4) is 0 Å². The molecule has 0 bridgehead atoms. The minimum atomic E-state index is -0.557. The Balaban J connectivity index is 2.73. The van der Waals surface area contributed by atoms with Crippen LogP contribution in [0.15, 0.2) is 0 Å². The zero-order valence-corrected chi connectivity index (χ0v) is 9.44. The number of halogens is 1. The van der Waals surface area contributed by atoms with E-state index in [9.17, 15) is 4.39 Å². The second-order valence-corrected chi connectivity index (χ2v) is 5.51. The minimum absolute atomic E-state index is 0.139. The molecule has 0 aliphatic heterocycles. The van der Waals surface area contributed by atoms with Gasteiger partial charge in [0, 0.05) is 0 Å². The molecule has 0 spiro atoms. The van der Waals surface area contributed by atoms with E-state index in [1.165, 1.54) is 6.42 Å². The molecule has 0 amide bonds. The summed E-state index contributed by atoms with van der Waals surface area (Å²) in [7, 11) is 0. The van der Waals surface area contributed by atoms with Crippen molar-refractivity contribution in [3.63, 3.8) is 0 Å². The molecule has 1 aliphatic rings. The van der Waals surface area contributed by atoms with Gasteiger partial charge in [-0.2, -0.15) is 0 Å². The highest BCUT2D eigenvalue weighted by Crippen LogP contribution is 2.44. The molecule has 1 saturated carbocycles. The third-order valence-electron chi connectivity index (χ3n) is 3.48. The van der Waals surface area contributed by atoms with Crippen molar-refractivity contribution < 1.29 is 4.39 Å². The molecule has 0 nitrogen and oxygen atoms in total. The Labute approximate surface area is 81.9 Å². The van der Waals surface area contributed by atoms with Crippen molar-refractivity contribution in [2.45, 2.75) is 59.5 Å². The molecule has 0 aromatic heterocycles. The molecule has 3 atom stereocenters. The molecule has 0 N–H and O–H groups in total. The van der Waals surface area contributed by atoms with E-state index in [4.69, 9.17) is 0 Å². The summed E-state index contributed by atoms with van der Waals surface area (Å²) < 4.78 is 13.8. The zero-order valence-electron chi connectivity index (χ0n) is 9.44. The van der Waals surface area contributed by atoms with Crippen molar-refractivity contribution in [3.8, 4) is 0 Å². The van der Waals surface area contributed by atoms with Gasteiger partial charge in [0.1, 0.15) is 6.17 Å². The minimum Gasteiger partial charge on any atom is -0.247 e. The van der Waals surface area contributed by atoms with Crippen molar-refractivity contribution in [2.75, 3.05) is 0 Å². The van der Waals surface area contributed by atoms with E-state index in [1.54, 1.807) is 0 Å². The molecule has 0 aromatic rings. The SMILES string of the molecule is CCC1CCCC(F)C1C(C)(C)C. The molecular formula is C12H23F. The van der Waals surface area contributed by atoms with Crippen molar-refractivity contribution in [1.82, 2.24) is 0 Å². The van der Waals surface area contributed by atoms with Crippen molar-refractivity contribution in [2.24, 2.45) is 17.3 Å². The van der Waals surface area contributed by atoms with E-state index in [1.807, 2.05) is 0 Å². The Kier molecular flexibility index (Phi) is 3.37. The first-order valence-corrected chi connectivity index (χ1v) is 5.61. The van der Waals surface area contributed by atoms with Crippen LogP contribution in [0.1, 0.15) is 53.4 Å². The summed E-state index contributed by atoms with van der Waals surface area (Å²) in [5, 5.41) is 0. The van der Waals surface area contributed by atoms with E-state index in [0.717, 1.165) is 19.3 Å². The number of hydrogen-bond acceptors (Lipinski definition) is 0. The third-order valence-corrected chi connectivity index (χ3v) is 3.48. The molecule has 0 saturated heterocycles. The van der Waals surface area contributed by atoms with Crippen LogP contribution in [0.5, 0.6) is 0 Å². The van der Waals surface area contributed by atoms with Gasteiger partial charge in [-0.1, -0.05) is 40.5 Å². The summed E-state index contributed by atoms with van der Waals surface area (Å²) in [5.74, 6) is 0.898. The Morgan fingerprint density at radius 3 is 2.23 bits per heavy atom. The predicted molar refractivity (Wildman–Crippen MR) is 55.5 cm³/mol. The molecule has 1 fully saturated rings. The van der Waals surface area contributed by atoms with Gasteiger partial charge < -0.3 is 0 Å². The lowest BCUT2D eigenvalue weighted by molar-refractivity contribution is 0.0214. The van der Waals surface area contributed by atoms with Gasteiger partial charge in [-0.3, -0.25) is 0 Å². The third kappa shape index (κ3) is 2.45. The number of hydrogen-bond donors (Lipinski definition) is 0. The highest BCUT2D eigenvalue weighted by atomic mass is 19.1. The number of alkyl halides is 1. The van der Waals surface area contributed by atoms with Crippen LogP contribution < -0.4 is 0 Å². The fraction of sp³-hybridized carbons (Fsp3) is 1.00. The van der Waals surface area contributed by atoms with Gasteiger partial charge >= 0.3 is 0 Å². The average molecular weight is 186 g/mol. The zero-order chi connectivity index (χ0) is 10.1. The average Bonchev–Trinajstić information content (AvgIpc) is 2.01. The van der Waals surface area contributed by atoms with E-state index in [-0.39, 0.29) is 11.3 Å². The van der Waals surface area contributed by atoms with E-state index in [0.29, 0.717) is 5.92 Å². The molecule has 1 heteroatoms. The van der Waals surface area contributed by atoms with Crippen LogP contribution in [0, 0.1) is 17.3 Å². The Hall–Kier alpha value is -0.0700. The summed E-state index contributed by atoms with van der Waals surface area (Å²) in [6.45, 7) is 8.73. The van der Waals surface area contributed by atoms with Crippen LogP contribution in [0.4, 0.5) is 4.39 Å². The second-order valence-electron chi connectivity index (χ2n) is 5.51. The fourth-order valence-corrected chi connectivity index (χ4v) is 2.94. The van der Waals surface area contributed by atoms with Gasteiger partial charge in [-0.05, 0) is 30.1 Å². The maximum Gasteiger partial charge on any atom is 0.104 e. The maximum absolute atomic E-state index is 13.8. The second kappa shape index (κ2) is 3.98. The van der Waals surface area contributed by atoms with Gasteiger partial charge in [-0.15, -0.1) is 0 Å². The molecule has 3 unspecified atom stereocenters. The van der Waals surface area contributed by atoms with Crippen molar-refractivity contribution in [3.05, 3.63) is 0 Å². The molecular weight excluding hydrogens is 163 g/mol.